The lowest BCUT2D eigenvalue weighted by Gasteiger charge is -2.34. The normalized spacial score (nSPS) is 17.1. The van der Waals surface area contributed by atoms with Crippen LogP contribution < -0.4 is 9.04 Å². The standard InChI is InChI=1S/C17H17NO5S/c1-11-3-6-13(7-4-11)24(21,22)18-10-16(17(19)20)23-15-9-12(2)5-8-14(15)18/h3-9,16H,10H2,1-2H3,(H,19,20)/t16-/m0/s1. The SMILES string of the molecule is Cc1ccc(S(=O)(=O)N2C[C@@H](C(=O)O)Oc3cc(C)ccc32)cc1. The van der Waals surface area contributed by atoms with Gasteiger partial charge in [0.05, 0.1) is 17.1 Å². The first-order valence-corrected chi connectivity index (χ1v) is 8.82. The van der Waals surface area contributed by atoms with Gasteiger partial charge >= 0.3 is 5.97 Å². The van der Waals surface area contributed by atoms with E-state index in [1.165, 1.54) is 12.1 Å². The number of aryl methyl sites for hydroxylation is 2. The van der Waals surface area contributed by atoms with Crippen molar-refractivity contribution in [2.75, 3.05) is 10.8 Å². The number of benzene rings is 2. The summed E-state index contributed by atoms with van der Waals surface area (Å²) in [5, 5.41) is 9.28. The highest BCUT2D eigenvalue weighted by atomic mass is 32.2. The minimum Gasteiger partial charge on any atom is -0.478 e. The highest BCUT2D eigenvalue weighted by Gasteiger charge is 2.37. The molecule has 0 radical (unpaired) electrons. The second-order valence-electron chi connectivity index (χ2n) is 5.77. The minimum atomic E-state index is -3.88. The Morgan fingerprint density at radius 2 is 1.75 bits per heavy atom. The van der Waals surface area contributed by atoms with Crippen LogP contribution in [-0.2, 0) is 14.8 Å². The van der Waals surface area contributed by atoms with Crippen LogP contribution in [0.25, 0.3) is 0 Å². The van der Waals surface area contributed by atoms with Crippen molar-refractivity contribution < 1.29 is 23.1 Å². The third-order valence-corrected chi connectivity index (χ3v) is 5.66. The maximum absolute atomic E-state index is 13.0. The number of rotatable bonds is 3. The molecule has 1 heterocycles. The Balaban J connectivity index is 2.12. The van der Waals surface area contributed by atoms with Crippen molar-refractivity contribution in [3.8, 4) is 5.75 Å². The monoisotopic (exact) mass is 347 g/mol. The van der Waals surface area contributed by atoms with Crippen molar-refractivity contribution in [2.45, 2.75) is 24.8 Å². The number of sulfonamides is 1. The first-order valence-electron chi connectivity index (χ1n) is 7.38. The van der Waals surface area contributed by atoms with Gasteiger partial charge in [-0.15, -0.1) is 0 Å². The van der Waals surface area contributed by atoms with Gasteiger partial charge in [-0.1, -0.05) is 23.8 Å². The summed E-state index contributed by atoms with van der Waals surface area (Å²) >= 11 is 0. The van der Waals surface area contributed by atoms with Crippen molar-refractivity contribution in [2.24, 2.45) is 0 Å². The van der Waals surface area contributed by atoms with E-state index in [2.05, 4.69) is 0 Å². The first kappa shape index (κ1) is 16.3. The molecule has 24 heavy (non-hydrogen) atoms. The number of aliphatic carboxylic acids is 1. The molecule has 2 aromatic rings. The van der Waals surface area contributed by atoms with Crippen LogP contribution in [0.2, 0.25) is 0 Å². The molecule has 3 rings (SSSR count). The molecule has 0 aromatic heterocycles. The van der Waals surface area contributed by atoms with Gasteiger partial charge in [0, 0.05) is 0 Å². The van der Waals surface area contributed by atoms with E-state index in [1.54, 1.807) is 30.3 Å². The summed E-state index contributed by atoms with van der Waals surface area (Å²) in [6.45, 7) is 3.41. The van der Waals surface area contributed by atoms with Gasteiger partial charge in [0.15, 0.2) is 0 Å². The smallest absolute Gasteiger partial charge is 0.346 e. The molecular formula is C17H17NO5S. The van der Waals surface area contributed by atoms with E-state index < -0.39 is 22.1 Å². The summed E-state index contributed by atoms with van der Waals surface area (Å²) in [5.74, 6) is -0.949. The molecule has 1 aliphatic heterocycles. The molecule has 0 spiro atoms. The third-order valence-electron chi connectivity index (χ3n) is 3.87. The van der Waals surface area contributed by atoms with Crippen LogP contribution in [-0.4, -0.2) is 32.1 Å². The van der Waals surface area contributed by atoms with E-state index in [-0.39, 0.29) is 17.2 Å². The van der Waals surface area contributed by atoms with Gasteiger partial charge < -0.3 is 9.84 Å². The number of hydrogen-bond donors (Lipinski definition) is 1. The van der Waals surface area contributed by atoms with Crippen LogP contribution in [0.15, 0.2) is 47.4 Å². The fraction of sp³-hybridized carbons (Fsp3) is 0.235. The summed E-state index contributed by atoms with van der Waals surface area (Å²) in [4.78, 5) is 11.5. The quantitative estimate of drug-likeness (QED) is 0.921. The molecule has 0 aliphatic carbocycles. The first-order chi connectivity index (χ1) is 11.3. The molecule has 1 aliphatic rings. The molecule has 6 nitrogen and oxygen atoms in total. The number of carbonyl (C=O) groups is 1. The second kappa shape index (κ2) is 5.83. The van der Waals surface area contributed by atoms with Gasteiger partial charge in [-0.3, -0.25) is 4.31 Å². The minimum absolute atomic E-state index is 0.116. The van der Waals surface area contributed by atoms with Crippen molar-refractivity contribution in [1.82, 2.24) is 0 Å². The molecule has 0 saturated heterocycles. The van der Waals surface area contributed by atoms with Crippen molar-refractivity contribution in [3.05, 3.63) is 53.6 Å². The molecule has 7 heteroatoms. The molecule has 1 atom stereocenters. The average molecular weight is 347 g/mol. The summed E-state index contributed by atoms with van der Waals surface area (Å²) in [5.41, 5.74) is 2.14. The molecule has 2 aromatic carbocycles. The number of anilines is 1. The van der Waals surface area contributed by atoms with E-state index in [1.807, 2.05) is 13.8 Å². The molecule has 0 amide bonds. The van der Waals surface area contributed by atoms with Crippen LogP contribution in [0, 0.1) is 13.8 Å². The molecule has 0 fully saturated rings. The number of nitrogens with zero attached hydrogens (tertiary/aromatic N) is 1. The van der Waals surface area contributed by atoms with Crippen molar-refractivity contribution in [1.29, 1.82) is 0 Å². The van der Waals surface area contributed by atoms with E-state index in [0.29, 0.717) is 5.69 Å². The van der Waals surface area contributed by atoms with E-state index >= 15 is 0 Å². The lowest BCUT2D eigenvalue weighted by molar-refractivity contribution is -0.144. The lowest BCUT2D eigenvalue weighted by Crippen LogP contribution is -2.47. The largest absolute Gasteiger partial charge is 0.478 e. The second-order valence-corrected chi connectivity index (χ2v) is 7.63. The third kappa shape index (κ3) is 2.82. The maximum atomic E-state index is 13.0. The van der Waals surface area contributed by atoms with E-state index in [0.717, 1.165) is 15.4 Å². The topological polar surface area (TPSA) is 83.9 Å². The van der Waals surface area contributed by atoms with Crippen LogP contribution >= 0.6 is 0 Å². The van der Waals surface area contributed by atoms with E-state index in [4.69, 9.17) is 4.74 Å². The Hall–Kier alpha value is -2.54. The Kier molecular flexibility index (Phi) is 3.96. The fourth-order valence-electron chi connectivity index (χ4n) is 2.55. The zero-order valence-electron chi connectivity index (χ0n) is 13.3. The van der Waals surface area contributed by atoms with Crippen LogP contribution in [0.1, 0.15) is 11.1 Å². The van der Waals surface area contributed by atoms with Gasteiger partial charge in [0.2, 0.25) is 6.10 Å². The number of carboxylic acids is 1. The zero-order chi connectivity index (χ0) is 17.5. The Morgan fingerprint density at radius 3 is 2.38 bits per heavy atom. The predicted octanol–water partition coefficient (Wildman–Crippen LogP) is 2.34. The average Bonchev–Trinajstić information content (AvgIpc) is 2.53. The molecule has 1 N–H and O–H groups in total. The van der Waals surface area contributed by atoms with Crippen LogP contribution in [0.4, 0.5) is 5.69 Å². The number of fused-ring (bicyclic) bond motifs is 1. The number of carboxylic acid groups (broad SMARTS) is 1. The van der Waals surface area contributed by atoms with Crippen molar-refractivity contribution >= 4 is 21.7 Å². The van der Waals surface area contributed by atoms with Gasteiger partial charge in [0.1, 0.15) is 5.75 Å². The summed E-state index contributed by atoms with van der Waals surface area (Å²) < 4.78 is 32.5. The highest BCUT2D eigenvalue weighted by Crippen LogP contribution is 2.37. The molecule has 0 bridgehead atoms. The van der Waals surface area contributed by atoms with Gasteiger partial charge in [-0.25, -0.2) is 13.2 Å². The highest BCUT2D eigenvalue weighted by molar-refractivity contribution is 7.92. The maximum Gasteiger partial charge on any atom is 0.346 e. The Bertz CT molecular complexity index is 890. The van der Waals surface area contributed by atoms with E-state index in [9.17, 15) is 18.3 Å². The number of hydrogen-bond acceptors (Lipinski definition) is 4. The van der Waals surface area contributed by atoms with Gasteiger partial charge in [-0.05, 0) is 43.7 Å². The molecule has 0 unspecified atom stereocenters. The van der Waals surface area contributed by atoms with Crippen LogP contribution in [0.5, 0.6) is 5.75 Å². The lowest BCUT2D eigenvalue weighted by atomic mass is 10.1. The summed E-state index contributed by atoms with van der Waals surface area (Å²) in [6.07, 6.45) is -1.25. The number of ether oxygens (including phenoxy) is 1. The summed E-state index contributed by atoms with van der Waals surface area (Å²) in [7, 11) is -3.88. The Morgan fingerprint density at radius 1 is 1.12 bits per heavy atom. The molecule has 0 saturated carbocycles. The predicted molar refractivity (Wildman–Crippen MR) is 88.9 cm³/mol. The molecular weight excluding hydrogens is 330 g/mol. The Labute approximate surface area is 140 Å². The summed E-state index contributed by atoms with van der Waals surface area (Å²) in [6, 6.07) is 11.5. The van der Waals surface area contributed by atoms with Crippen molar-refractivity contribution in [3.63, 3.8) is 0 Å². The van der Waals surface area contributed by atoms with Gasteiger partial charge in [0.25, 0.3) is 10.0 Å². The fourth-order valence-corrected chi connectivity index (χ4v) is 4.03. The zero-order valence-corrected chi connectivity index (χ0v) is 14.1. The van der Waals surface area contributed by atoms with Gasteiger partial charge in [-0.2, -0.15) is 0 Å². The molecule has 126 valence electrons. The van der Waals surface area contributed by atoms with Crippen LogP contribution in [0.3, 0.4) is 0 Å².